The Labute approximate surface area is 97.3 Å². The minimum absolute atomic E-state index is 0.0393. The topological polar surface area (TPSA) is 66.4 Å². The average molecular weight is 239 g/mol. The largest absolute Gasteiger partial charge is 0.481 e. The van der Waals surface area contributed by atoms with Gasteiger partial charge in [-0.05, 0) is 24.8 Å². The van der Waals surface area contributed by atoms with Gasteiger partial charge in [-0.3, -0.25) is 9.59 Å². The highest BCUT2D eigenvalue weighted by molar-refractivity contribution is 7.10. The summed E-state index contributed by atoms with van der Waals surface area (Å²) in [5, 5.41) is 13.5. The van der Waals surface area contributed by atoms with E-state index in [1.165, 1.54) is 0 Å². The predicted molar refractivity (Wildman–Crippen MR) is 60.1 cm³/mol. The second kappa shape index (κ2) is 4.25. The number of carboxylic acids is 1. The maximum atomic E-state index is 11.7. The highest BCUT2D eigenvalue weighted by Gasteiger charge is 2.48. The zero-order chi connectivity index (χ0) is 11.7. The molecule has 0 saturated heterocycles. The number of aliphatic carboxylic acids is 1. The third kappa shape index (κ3) is 2.24. The highest BCUT2D eigenvalue weighted by Crippen LogP contribution is 2.39. The molecule has 0 bridgehead atoms. The number of carbonyl (C=O) groups is 2. The fourth-order valence-corrected chi connectivity index (χ4v) is 2.42. The van der Waals surface area contributed by atoms with E-state index < -0.39 is 11.9 Å². The summed E-state index contributed by atoms with van der Waals surface area (Å²) in [4.78, 5) is 23.4. The van der Waals surface area contributed by atoms with Crippen LogP contribution in [0.25, 0.3) is 0 Å². The lowest BCUT2D eigenvalue weighted by molar-refractivity contribution is -0.140. The molecule has 1 heterocycles. The van der Waals surface area contributed by atoms with Gasteiger partial charge in [0, 0.05) is 4.88 Å². The van der Waals surface area contributed by atoms with Crippen molar-refractivity contribution in [1.29, 1.82) is 0 Å². The Morgan fingerprint density at radius 3 is 2.81 bits per heavy atom. The zero-order valence-corrected chi connectivity index (χ0v) is 9.66. The third-order valence-corrected chi connectivity index (χ3v) is 3.83. The van der Waals surface area contributed by atoms with Crippen LogP contribution in [0.1, 0.15) is 24.3 Å². The molecular weight excluding hydrogens is 226 g/mol. The van der Waals surface area contributed by atoms with Gasteiger partial charge in [-0.25, -0.2) is 0 Å². The summed E-state index contributed by atoms with van der Waals surface area (Å²) in [5.41, 5.74) is 0. The van der Waals surface area contributed by atoms with Gasteiger partial charge in [-0.2, -0.15) is 0 Å². The van der Waals surface area contributed by atoms with E-state index in [1.54, 1.807) is 11.3 Å². The van der Waals surface area contributed by atoms with Crippen LogP contribution in [0.2, 0.25) is 0 Å². The maximum Gasteiger partial charge on any atom is 0.307 e. The van der Waals surface area contributed by atoms with Gasteiger partial charge in [0.2, 0.25) is 5.91 Å². The molecule has 1 fully saturated rings. The van der Waals surface area contributed by atoms with Crippen molar-refractivity contribution in [3.63, 3.8) is 0 Å². The van der Waals surface area contributed by atoms with Crippen molar-refractivity contribution in [2.24, 2.45) is 11.8 Å². The first-order chi connectivity index (χ1) is 7.59. The standard InChI is InChI=1S/C11H13NO3S/c1-6(9-3-2-4-16-9)12-10(13)7-5-8(7)11(14)15/h2-4,6-8H,5H2,1H3,(H,12,13)(H,14,15)/t6-,7+,8-/m0/s1. The molecule has 5 heteroatoms. The second-order valence-electron chi connectivity index (χ2n) is 4.03. The van der Waals surface area contributed by atoms with Gasteiger partial charge < -0.3 is 10.4 Å². The first-order valence-corrected chi connectivity index (χ1v) is 6.04. The molecule has 1 saturated carbocycles. The zero-order valence-electron chi connectivity index (χ0n) is 8.84. The van der Waals surface area contributed by atoms with Crippen LogP contribution in [-0.4, -0.2) is 17.0 Å². The van der Waals surface area contributed by atoms with Crippen molar-refractivity contribution in [2.45, 2.75) is 19.4 Å². The van der Waals surface area contributed by atoms with Crippen molar-refractivity contribution >= 4 is 23.2 Å². The molecule has 1 aromatic rings. The summed E-state index contributed by atoms with van der Waals surface area (Å²) in [6, 6.07) is 3.85. The predicted octanol–water partition coefficient (Wildman–Crippen LogP) is 1.65. The summed E-state index contributed by atoms with van der Waals surface area (Å²) >= 11 is 1.58. The monoisotopic (exact) mass is 239 g/mol. The van der Waals surface area contributed by atoms with E-state index in [9.17, 15) is 9.59 Å². The van der Waals surface area contributed by atoms with Crippen LogP contribution in [0.15, 0.2) is 17.5 Å². The van der Waals surface area contributed by atoms with Gasteiger partial charge in [-0.15, -0.1) is 11.3 Å². The highest BCUT2D eigenvalue weighted by atomic mass is 32.1. The second-order valence-corrected chi connectivity index (χ2v) is 5.01. The molecule has 0 spiro atoms. The Bertz CT molecular complexity index is 401. The van der Waals surface area contributed by atoms with E-state index >= 15 is 0 Å². The molecule has 86 valence electrons. The smallest absolute Gasteiger partial charge is 0.307 e. The van der Waals surface area contributed by atoms with E-state index in [-0.39, 0.29) is 17.9 Å². The first kappa shape index (κ1) is 11.1. The quantitative estimate of drug-likeness (QED) is 0.839. The number of hydrogen-bond donors (Lipinski definition) is 2. The van der Waals surface area contributed by atoms with E-state index in [0.29, 0.717) is 6.42 Å². The molecule has 0 unspecified atom stereocenters. The molecule has 0 aromatic carbocycles. The molecule has 2 rings (SSSR count). The Morgan fingerprint density at radius 1 is 1.56 bits per heavy atom. The van der Waals surface area contributed by atoms with Crippen LogP contribution in [0.4, 0.5) is 0 Å². The lowest BCUT2D eigenvalue weighted by atomic mass is 10.2. The normalized spacial score (nSPS) is 24.8. The molecule has 3 atom stereocenters. The van der Waals surface area contributed by atoms with Gasteiger partial charge in [-0.1, -0.05) is 6.07 Å². The molecule has 0 radical (unpaired) electrons. The van der Waals surface area contributed by atoms with Crippen molar-refractivity contribution in [3.05, 3.63) is 22.4 Å². The molecule has 2 N–H and O–H groups in total. The van der Waals surface area contributed by atoms with Crippen LogP contribution in [0.3, 0.4) is 0 Å². The number of thiophene rings is 1. The van der Waals surface area contributed by atoms with Crippen LogP contribution in [-0.2, 0) is 9.59 Å². The number of nitrogens with one attached hydrogen (secondary N) is 1. The molecule has 1 aromatic heterocycles. The number of carbonyl (C=O) groups excluding carboxylic acids is 1. The molecule has 1 aliphatic rings. The van der Waals surface area contributed by atoms with Crippen molar-refractivity contribution < 1.29 is 14.7 Å². The minimum atomic E-state index is -0.871. The van der Waals surface area contributed by atoms with Crippen LogP contribution in [0, 0.1) is 11.8 Å². The summed E-state index contributed by atoms with van der Waals surface area (Å²) in [6.07, 6.45) is 0.471. The van der Waals surface area contributed by atoms with Gasteiger partial charge in [0.1, 0.15) is 0 Å². The molecule has 1 amide bonds. The Hall–Kier alpha value is -1.36. The lowest BCUT2D eigenvalue weighted by Gasteiger charge is -2.11. The summed E-state index contributed by atoms with van der Waals surface area (Å²) in [5.74, 6) is -1.83. The number of rotatable bonds is 4. The van der Waals surface area contributed by atoms with Crippen molar-refractivity contribution in [3.8, 4) is 0 Å². The van der Waals surface area contributed by atoms with E-state index in [0.717, 1.165) is 4.88 Å². The van der Waals surface area contributed by atoms with Crippen molar-refractivity contribution in [2.75, 3.05) is 0 Å². The Morgan fingerprint density at radius 2 is 2.31 bits per heavy atom. The SMILES string of the molecule is C[C@H](NC(=O)[C@@H]1C[C@@H]1C(=O)O)c1cccs1. The Kier molecular flexibility index (Phi) is 2.96. The van der Waals surface area contributed by atoms with Gasteiger partial charge in [0.15, 0.2) is 0 Å². The number of amides is 1. The minimum Gasteiger partial charge on any atom is -0.481 e. The number of carboxylic acid groups (broad SMARTS) is 1. The molecule has 1 aliphatic carbocycles. The summed E-state index contributed by atoms with van der Waals surface area (Å²) in [7, 11) is 0. The van der Waals surface area contributed by atoms with Crippen LogP contribution in [0.5, 0.6) is 0 Å². The molecule has 0 aliphatic heterocycles. The Balaban J connectivity index is 1.87. The molecule has 16 heavy (non-hydrogen) atoms. The van der Waals surface area contributed by atoms with E-state index in [2.05, 4.69) is 5.32 Å². The molecular formula is C11H13NO3S. The first-order valence-electron chi connectivity index (χ1n) is 5.16. The van der Waals surface area contributed by atoms with Crippen molar-refractivity contribution in [1.82, 2.24) is 5.32 Å². The lowest BCUT2D eigenvalue weighted by Crippen LogP contribution is -2.28. The molecule has 4 nitrogen and oxygen atoms in total. The number of hydrogen-bond acceptors (Lipinski definition) is 3. The van der Waals surface area contributed by atoms with E-state index in [4.69, 9.17) is 5.11 Å². The van der Waals surface area contributed by atoms with Gasteiger partial charge >= 0.3 is 5.97 Å². The summed E-state index contributed by atoms with van der Waals surface area (Å²) in [6.45, 7) is 1.90. The van der Waals surface area contributed by atoms with Crippen LogP contribution < -0.4 is 5.32 Å². The fourth-order valence-electron chi connectivity index (χ4n) is 1.69. The van der Waals surface area contributed by atoms with Gasteiger partial charge in [0.25, 0.3) is 0 Å². The third-order valence-electron chi connectivity index (χ3n) is 2.77. The maximum absolute atomic E-state index is 11.7. The van der Waals surface area contributed by atoms with Gasteiger partial charge in [0.05, 0.1) is 17.9 Å². The van der Waals surface area contributed by atoms with Crippen LogP contribution >= 0.6 is 11.3 Å². The average Bonchev–Trinajstić information content (AvgIpc) is 2.85. The summed E-state index contributed by atoms with van der Waals surface area (Å²) < 4.78 is 0. The fraction of sp³-hybridized carbons (Fsp3) is 0.455. The van der Waals surface area contributed by atoms with E-state index in [1.807, 2.05) is 24.4 Å².